The second-order valence-corrected chi connectivity index (χ2v) is 12.8. The Morgan fingerprint density at radius 2 is 1.82 bits per heavy atom. The maximum absolute atomic E-state index is 14.2. The summed E-state index contributed by atoms with van der Waals surface area (Å²) < 4.78 is 7.82. The highest BCUT2D eigenvalue weighted by atomic mass is 16.5. The maximum Gasteiger partial charge on any atom is 0.253 e. The van der Waals surface area contributed by atoms with Gasteiger partial charge in [-0.05, 0) is 80.8 Å². The fraction of sp³-hybridized carbons (Fsp3) is 0.436. The molecule has 0 saturated carbocycles. The van der Waals surface area contributed by atoms with E-state index in [2.05, 4.69) is 62.7 Å². The van der Waals surface area contributed by atoms with Crippen LogP contribution in [0.5, 0.6) is 0 Å². The summed E-state index contributed by atoms with van der Waals surface area (Å²) in [5.41, 5.74) is 5.52. The van der Waals surface area contributed by atoms with Gasteiger partial charge in [0.25, 0.3) is 11.5 Å². The topological polar surface area (TPSA) is 125 Å². The van der Waals surface area contributed by atoms with Gasteiger partial charge < -0.3 is 34.7 Å². The van der Waals surface area contributed by atoms with Crippen LogP contribution >= 0.6 is 0 Å². The molecule has 4 aromatic rings. The molecule has 266 valence electrons. The maximum atomic E-state index is 14.2. The van der Waals surface area contributed by atoms with Gasteiger partial charge in [0.05, 0.1) is 16.8 Å². The Labute approximate surface area is 294 Å². The minimum absolute atomic E-state index is 0.0752. The molecule has 2 aliphatic rings. The molecular formula is C39H51N7O4. The summed E-state index contributed by atoms with van der Waals surface area (Å²) in [6.07, 6.45) is 8.23. The zero-order valence-corrected chi connectivity index (χ0v) is 30.1. The van der Waals surface area contributed by atoms with E-state index in [0.29, 0.717) is 35.4 Å². The molecule has 0 atom stereocenters. The number of nitrogens with one attached hydrogen (secondary N) is 3. The average molecular weight is 682 g/mol. The summed E-state index contributed by atoms with van der Waals surface area (Å²) in [5.74, 6) is 0.220. The lowest BCUT2D eigenvalue weighted by molar-refractivity contribution is -0.111. The molecule has 2 fully saturated rings. The fourth-order valence-corrected chi connectivity index (χ4v) is 6.79. The quantitative estimate of drug-likeness (QED) is 0.180. The third kappa shape index (κ3) is 8.17. The number of anilines is 2. The smallest absolute Gasteiger partial charge is 0.253 e. The minimum Gasteiger partial charge on any atom is -0.381 e. The van der Waals surface area contributed by atoms with Crippen LogP contribution < -0.4 is 21.1 Å². The highest BCUT2D eigenvalue weighted by Gasteiger charge is 2.25. The normalized spacial score (nSPS) is 15.3. The van der Waals surface area contributed by atoms with Crippen molar-refractivity contribution in [1.82, 2.24) is 24.8 Å². The lowest BCUT2D eigenvalue weighted by Crippen LogP contribution is -2.44. The third-order valence-electron chi connectivity index (χ3n) is 9.42. The molecule has 3 aromatic heterocycles. The van der Waals surface area contributed by atoms with Crippen molar-refractivity contribution in [3.63, 3.8) is 0 Å². The van der Waals surface area contributed by atoms with E-state index >= 15 is 0 Å². The van der Waals surface area contributed by atoms with E-state index in [1.807, 2.05) is 51.4 Å². The van der Waals surface area contributed by atoms with Crippen molar-refractivity contribution in [2.45, 2.75) is 66.0 Å². The van der Waals surface area contributed by atoms with Crippen LogP contribution in [0.15, 0.2) is 60.2 Å². The summed E-state index contributed by atoms with van der Waals surface area (Å²) in [7, 11) is 2.13. The summed E-state index contributed by atoms with van der Waals surface area (Å²) in [6, 6.07) is 10.1. The zero-order chi connectivity index (χ0) is 35.8. The Balaban J connectivity index is 0.00000239. The number of aromatic nitrogens is 3. The van der Waals surface area contributed by atoms with Gasteiger partial charge in [0.1, 0.15) is 5.82 Å². The van der Waals surface area contributed by atoms with Gasteiger partial charge in [-0.2, -0.15) is 0 Å². The molecule has 2 aliphatic heterocycles. The zero-order valence-electron chi connectivity index (χ0n) is 30.1. The van der Waals surface area contributed by atoms with Crippen molar-refractivity contribution in [2.24, 2.45) is 0 Å². The van der Waals surface area contributed by atoms with E-state index < -0.39 is 0 Å². The first-order valence-electron chi connectivity index (χ1n) is 17.8. The number of amides is 2. The molecule has 0 unspecified atom stereocenters. The van der Waals surface area contributed by atoms with Crippen molar-refractivity contribution in [3.05, 3.63) is 88.1 Å². The molecule has 1 aromatic carbocycles. The van der Waals surface area contributed by atoms with Crippen LogP contribution in [0.1, 0.15) is 73.3 Å². The third-order valence-corrected chi connectivity index (χ3v) is 9.42. The van der Waals surface area contributed by atoms with Crippen LogP contribution in [-0.4, -0.2) is 77.7 Å². The molecule has 6 rings (SSSR count). The van der Waals surface area contributed by atoms with Crippen LogP contribution in [0.2, 0.25) is 0 Å². The van der Waals surface area contributed by atoms with E-state index in [-0.39, 0.29) is 30.0 Å². The number of H-pyrrole nitrogens is 1. The van der Waals surface area contributed by atoms with Gasteiger partial charge in [0.2, 0.25) is 5.91 Å². The SMILES string of the molecule is C=CC(=O)Nc1cn(C2CCOCC2)c2cc(-c3ccc(N4CCN(C)CC4)nc3)cc(C(=O)NCc3c(CCC)cc(C)[nH]c3=O)c12.CC. The Morgan fingerprint density at radius 3 is 2.48 bits per heavy atom. The summed E-state index contributed by atoms with van der Waals surface area (Å²) in [4.78, 5) is 52.1. The number of likely N-dealkylation sites (N-methyl/N-ethyl adjacent to an activating group) is 1. The molecule has 0 radical (unpaired) electrons. The summed E-state index contributed by atoms with van der Waals surface area (Å²) in [5, 5.41) is 6.61. The van der Waals surface area contributed by atoms with Crippen LogP contribution in [-0.2, 0) is 22.5 Å². The molecule has 50 heavy (non-hydrogen) atoms. The van der Waals surface area contributed by atoms with Gasteiger partial charge >= 0.3 is 0 Å². The van der Waals surface area contributed by atoms with E-state index in [9.17, 15) is 14.4 Å². The summed E-state index contributed by atoms with van der Waals surface area (Å²) >= 11 is 0. The number of benzene rings is 1. The molecule has 2 amide bonds. The Bertz CT molecular complexity index is 1860. The summed E-state index contributed by atoms with van der Waals surface area (Å²) in [6.45, 7) is 16.7. The van der Waals surface area contributed by atoms with Gasteiger partial charge in [-0.15, -0.1) is 0 Å². The average Bonchev–Trinajstić information content (AvgIpc) is 3.50. The van der Waals surface area contributed by atoms with Crippen LogP contribution in [0.3, 0.4) is 0 Å². The number of piperazine rings is 1. The number of rotatable bonds is 10. The Morgan fingerprint density at radius 1 is 1.08 bits per heavy atom. The molecule has 2 saturated heterocycles. The number of aryl methyl sites for hydroxylation is 2. The van der Waals surface area contributed by atoms with Crippen molar-refractivity contribution in [3.8, 4) is 11.1 Å². The van der Waals surface area contributed by atoms with Crippen molar-refractivity contribution >= 4 is 34.2 Å². The van der Waals surface area contributed by atoms with Gasteiger partial charge in [-0.3, -0.25) is 14.4 Å². The number of hydrogen-bond donors (Lipinski definition) is 3. The second kappa shape index (κ2) is 16.8. The minimum atomic E-state index is -0.365. The van der Waals surface area contributed by atoms with E-state index in [1.54, 1.807) is 0 Å². The van der Waals surface area contributed by atoms with Gasteiger partial charge in [-0.1, -0.05) is 33.8 Å². The Kier molecular flexibility index (Phi) is 12.3. The first kappa shape index (κ1) is 36.5. The van der Waals surface area contributed by atoms with Crippen molar-refractivity contribution in [1.29, 1.82) is 0 Å². The molecule has 3 N–H and O–H groups in total. The molecule has 0 bridgehead atoms. The van der Waals surface area contributed by atoms with Gasteiger partial charge in [0.15, 0.2) is 0 Å². The number of carbonyl (C=O) groups excluding carboxylic acids is 2. The molecule has 5 heterocycles. The molecular weight excluding hydrogens is 630 g/mol. The standard InChI is InChI=1S/C37H45N7O4.C2H6/c1-5-7-25-18-24(3)40-37(47)30(25)22-39-36(46)29-19-27(26-8-9-33(38-21-26)43-14-12-42(4)13-15-43)20-32-35(29)31(41-34(45)6-2)23-44(32)28-10-16-48-17-11-28;1-2/h6,8-9,18-21,23,28H,2,5,7,10-17,22H2,1,3-4H3,(H,39,46)(H,40,47)(H,41,45);1-2H3. The monoisotopic (exact) mass is 681 g/mol. The molecule has 11 heteroatoms. The lowest BCUT2D eigenvalue weighted by Gasteiger charge is -2.33. The number of fused-ring (bicyclic) bond motifs is 1. The van der Waals surface area contributed by atoms with Crippen molar-refractivity contribution in [2.75, 3.05) is 56.7 Å². The van der Waals surface area contributed by atoms with Crippen LogP contribution in [0.25, 0.3) is 22.0 Å². The molecule has 0 aliphatic carbocycles. The lowest BCUT2D eigenvalue weighted by atomic mass is 9.99. The largest absolute Gasteiger partial charge is 0.381 e. The second-order valence-electron chi connectivity index (χ2n) is 12.8. The number of pyridine rings is 2. The number of hydrogen-bond acceptors (Lipinski definition) is 7. The van der Waals surface area contributed by atoms with E-state index in [0.717, 1.165) is 85.6 Å². The van der Waals surface area contributed by atoms with Crippen molar-refractivity contribution < 1.29 is 14.3 Å². The number of nitrogens with zero attached hydrogens (tertiary/aromatic N) is 4. The highest BCUT2D eigenvalue weighted by Crippen LogP contribution is 2.38. The number of aromatic amines is 1. The van der Waals surface area contributed by atoms with Crippen LogP contribution in [0.4, 0.5) is 11.5 Å². The molecule has 0 spiro atoms. The van der Waals surface area contributed by atoms with E-state index in [4.69, 9.17) is 9.72 Å². The van der Waals surface area contributed by atoms with E-state index in [1.165, 1.54) is 6.08 Å². The first-order chi connectivity index (χ1) is 24.2. The van der Waals surface area contributed by atoms with Gasteiger partial charge in [-0.25, -0.2) is 4.98 Å². The molecule has 11 nitrogen and oxygen atoms in total. The highest BCUT2D eigenvalue weighted by molar-refractivity contribution is 6.15. The predicted molar refractivity (Wildman–Crippen MR) is 201 cm³/mol. The first-order valence-corrected chi connectivity index (χ1v) is 17.8. The van der Waals surface area contributed by atoms with Crippen LogP contribution in [0, 0.1) is 6.92 Å². The Hall–Kier alpha value is -4.74. The number of carbonyl (C=O) groups is 2. The van der Waals surface area contributed by atoms with Gasteiger partial charge in [0, 0.05) is 86.6 Å². The fourth-order valence-electron chi connectivity index (χ4n) is 6.79. The number of ether oxygens (including phenoxy) is 1. The predicted octanol–water partition coefficient (Wildman–Crippen LogP) is 5.84.